The van der Waals surface area contributed by atoms with Crippen molar-refractivity contribution < 1.29 is 55.7 Å². The summed E-state index contributed by atoms with van der Waals surface area (Å²) < 4.78 is 44.1. The van der Waals surface area contributed by atoms with Crippen LogP contribution in [0.3, 0.4) is 0 Å². The Balaban J connectivity index is 0.000000853. The van der Waals surface area contributed by atoms with E-state index >= 15 is 0 Å². The van der Waals surface area contributed by atoms with Crippen LogP contribution in [0.15, 0.2) is 146 Å². The van der Waals surface area contributed by atoms with E-state index in [0.717, 1.165) is 124 Å². The molecule has 6 amide bonds. The summed E-state index contributed by atoms with van der Waals surface area (Å²) in [5.74, 6) is 1.80. The van der Waals surface area contributed by atoms with Gasteiger partial charge in [0.15, 0.2) is 17.5 Å². The Kier molecular flexibility index (Phi) is 30.5. The van der Waals surface area contributed by atoms with Crippen molar-refractivity contribution in [3.05, 3.63) is 180 Å². The number of halogens is 3. The first-order chi connectivity index (χ1) is 52.6. The molecule has 12 rings (SSSR count). The summed E-state index contributed by atoms with van der Waals surface area (Å²) >= 11 is 0. The van der Waals surface area contributed by atoms with E-state index in [4.69, 9.17) is 0 Å². The quantitative estimate of drug-likeness (QED) is 0.0181. The third-order valence-corrected chi connectivity index (χ3v) is 20.0. The van der Waals surface area contributed by atoms with Gasteiger partial charge in [-0.05, 0) is 244 Å². The van der Waals surface area contributed by atoms with Crippen LogP contribution >= 0.6 is 0 Å². The molecular formula is C79H122F3N21O6. The monoisotopic (exact) mass is 1520 g/mol. The lowest BCUT2D eigenvalue weighted by atomic mass is 9.93. The minimum absolute atomic E-state index is 0. The molecule has 6 atom stereocenters. The van der Waals surface area contributed by atoms with Gasteiger partial charge in [-0.15, -0.1) is 15.3 Å². The van der Waals surface area contributed by atoms with Crippen LogP contribution < -0.4 is 31.9 Å². The second-order valence-electron chi connectivity index (χ2n) is 28.9. The van der Waals surface area contributed by atoms with Crippen molar-refractivity contribution in [2.24, 2.45) is 27.1 Å². The maximum atomic E-state index is 13.2. The molecule has 27 nitrogen and oxygen atoms in total. The SMILES string of the molecule is C[C@@H](NC(=O)Nc1cccc(-c2nnnn2C)c1)[C@@H](O)CN(CCCc1ccc(F)cc1)C1CC1.C[C@@H](NC(=O)Nc1cccc(-c2nnnn2C)c1)[C@@H](O)CN(CCCc1ccc(F)cc1)C1CCCCC1.C[C@@H](NC(=O)Nc1cccc(-c2nnnn2C)c1)[C@@H](O)CN(CCCc1ccc(F)cc1)CC1CC1.[HH].[HH].[HH].[HH].[HH].[HH].[HH].[HH].[HH]. The fourth-order valence-electron chi connectivity index (χ4n) is 13.3. The molecular weight excluding hydrogens is 1400 g/mol. The number of carbonyl (C=O) groups excluding carboxylic acids is 3. The molecule has 109 heavy (non-hydrogen) atoms. The highest BCUT2D eigenvalue weighted by Crippen LogP contribution is 2.31. The average molecular weight is 1520 g/mol. The molecule has 3 aliphatic carbocycles. The fourth-order valence-corrected chi connectivity index (χ4v) is 13.3. The molecule has 0 unspecified atom stereocenters. The van der Waals surface area contributed by atoms with Crippen molar-refractivity contribution in [1.29, 1.82) is 0 Å². The van der Waals surface area contributed by atoms with Gasteiger partial charge >= 0.3 is 18.1 Å². The van der Waals surface area contributed by atoms with Crippen LogP contribution in [0.2, 0.25) is 0 Å². The van der Waals surface area contributed by atoms with E-state index in [1.54, 1.807) is 85.4 Å². The molecule has 9 aromatic rings. The highest BCUT2D eigenvalue weighted by Gasteiger charge is 2.33. The van der Waals surface area contributed by atoms with Crippen molar-refractivity contribution >= 4 is 35.2 Å². The van der Waals surface area contributed by atoms with Gasteiger partial charge in [0.25, 0.3) is 0 Å². The van der Waals surface area contributed by atoms with Gasteiger partial charge < -0.3 is 52.1 Å². The molecule has 0 bridgehead atoms. The van der Waals surface area contributed by atoms with Gasteiger partial charge in [0.1, 0.15) is 17.5 Å². The maximum absolute atomic E-state index is 13.2. The number of anilines is 3. The van der Waals surface area contributed by atoms with Crippen LogP contribution in [-0.2, 0) is 40.4 Å². The number of carbonyl (C=O) groups is 3. The van der Waals surface area contributed by atoms with Crippen molar-refractivity contribution in [1.82, 2.24) is 91.3 Å². The van der Waals surface area contributed by atoms with Gasteiger partial charge in [-0.3, -0.25) is 9.80 Å². The number of hydrogen-bond acceptors (Lipinski definition) is 18. The van der Waals surface area contributed by atoms with Gasteiger partial charge in [0, 0.05) is 106 Å². The summed E-state index contributed by atoms with van der Waals surface area (Å²) in [4.78, 5) is 44.8. The van der Waals surface area contributed by atoms with Crippen LogP contribution in [0, 0.1) is 23.4 Å². The molecule has 30 heteroatoms. The molecule has 0 aliphatic heterocycles. The van der Waals surface area contributed by atoms with Crippen LogP contribution in [-0.4, -0.2) is 203 Å². The molecule has 0 radical (unpaired) electrons. The summed E-state index contributed by atoms with van der Waals surface area (Å²) in [5.41, 5.74) is 7.48. The van der Waals surface area contributed by atoms with Crippen LogP contribution in [0.4, 0.5) is 44.6 Å². The van der Waals surface area contributed by atoms with Gasteiger partial charge in [0.2, 0.25) is 0 Å². The molecule has 600 valence electrons. The molecule has 3 aliphatic rings. The van der Waals surface area contributed by atoms with E-state index in [2.05, 4.69) is 93.2 Å². The number of benzene rings is 6. The predicted molar refractivity (Wildman–Crippen MR) is 431 cm³/mol. The lowest BCUT2D eigenvalue weighted by Crippen LogP contribution is -2.50. The Bertz CT molecular complexity index is 4320. The first-order valence-electron chi connectivity index (χ1n) is 37.8. The van der Waals surface area contributed by atoms with Crippen molar-refractivity contribution in [3.8, 4) is 34.2 Å². The number of aliphatic hydroxyl groups excluding tert-OH is 3. The number of hydrogen-bond donors (Lipinski definition) is 9. The molecule has 6 aromatic carbocycles. The van der Waals surface area contributed by atoms with Gasteiger partial charge in [-0.25, -0.2) is 41.6 Å². The van der Waals surface area contributed by atoms with Gasteiger partial charge in [-0.1, -0.05) is 92.1 Å². The standard InChI is InChI=1S/C28H38FN7O2.C26H34FN7O2.C25H32FN7O2.9H2/c1-20(30-28(38)31-24-10-6-9-22(18-24)27-32-33-34-35(27)2)26(37)19-36(25-11-4-3-5-12-25)17-7-8-21-13-15-23(29)16-14-21;1-18(28-26(36)29-23-7-3-6-21(15-23)25-30-31-32-33(25)2)24(35)17-34(16-20-8-9-20)14-4-5-19-10-12-22(27)13-11-19;1-17(27-25(35)28-21-7-3-6-19(15-21)24-29-30-31-32(24)2)23(34)16-33(22-12-13-22)14-4-5-18-8-10-20(26)11-9-18;;;;;;;;;/h6,9-10,13-16,18,20,25-26,37H,3-5,7-8,11-12,17,19H2,1-2H3,(H2,30,31,38);3,6-7,10-13,15,18,20,24,35H,4-5,8-9,14,16-17H2,1-2H3,(H2,28,29,36);3,6-11,15,17,22-23,34H,4-5,12-14,16H2,1-2H3,(H2,27,28,35);9*1H/t20-,26+;18-,24+;17-,23+;;;;;;;;;/m111........./s1. The number of aryl methyl sites for hydroxylation is 6. The molecule has 3 aromatic heterocycles. The maximum Gasteiger partial charge on any atom is 0.319 e. The van der Waals surface area contributed by atoms with Gasteiger partial charge in [-0.2, -0.15) is 0 Å². The molecule has 3 fully saturated rings. The molecule has 0 saturated heterocycles. The summed E-state index contributed by atoms with van der Waals surface area (Å²) in [6.45, 7) is 10.4. The lowest BCUT2D eigenvalue weighted by molar-refractivity contribution is 0.0558. The minimum Gasteiger partial charge on any atom is -0.390 e. The van der Waals surface area contributed by atoms with E-state index in [-0.39, 0.29) is 48.4 Å². The van der Waals surface area contributed by atoms with Crippen LogP contribution in [0.1, 0.15) is 127 Å². The summed E-state index contributed by atoms with van der Waals surface area (Å²) in [6, 6.07) is 40.1. The summed E-state index contributed by atoms with van der Waals surface area (Å²) in [7, 11) is 5.25. The zero-order valence-electron chi connectivity index (χ0n) is 63.0. The fraction of sp³-hybridized carbons (Fsp3) is 0.468. The predicted octanol–water partition coefficient (Wildman–Crippen LogP) is 12.6. The smallest absolute Gasteiger partial charge is 0.319 e. The highest BCUT2D eigenvalue weighted by molar-refractivity contribution is 5.91. The Morgan fingerprint density at radius 2 is 0.780 bits per heavy atom. The van der Waals surface area contributed by atoms with Crippen molar-refractivity contribution in [3.63, 3.8) is 0 Å². The number of nitrogens with one attached hydrogen (secondary N) is 6. The number of aromatic nitrogens is 12. The van der Waals surface area contributed by atoms with Crippen LogP contribution in [0.25, 0.3) is 34.2 Å². The van der Waals surface area contributed by atoms with Crippen molar-refractivity contribution in [2.75, 3.05) is 61.8 Å². The third kappa shape index (κ3) is 26.6. The summed E-state index contributed by atoms with van der Waals surface area (Å²) in [6.07, 6.45) is 13.8. The van der Waals surface area contributed by atoms with Gasteiger partial charge in [0.05, 0.1) is 36.4 Å². The normalized spacial score (nSPS) is 15.3. The van der Waals surface area contributed by atoms with E-state index < -0.39 is 36.4 Å². The number of nitrogens with zero attached hydrogens (tertiary/aromatic N) is 15. The number of urea groups is 3. The topological polar surface area (TPSA) is 325 Å². The highest BCUT2D eigenvalue weighted by atomic mass is 19.1. The molecule has 9 N–H and O–H groups in total. The zero-order chi connectivity index (χ0) is 77.2. The second kappa shape index (κ2) is 40.9. The Labute approximate surface area is 648 Å². The minimum atomic E-state index is -0.718. The first-order valence-corrected chi connectivity index (χ1v) is 37.8. The third-order valence-electron chi connectivity index (χ3n) is 20.0. The second-order valence-corrected chi connectivity index (χ2v) is 28.9. The summed E-state index contributed by atoms with van der Waals surface area (Å²) in [5, 5.41) is 84.1. The average Bonchev–Trinajstić information content (AvgIpc) is 1.57. The van der Waals surface area contributed by atoms with Crippen molar-refractivity contribution in [2.45, 2.75) is 166 Å². The van der Waals surface area contributed by atoms with E-state index in [9.17, 15) is 42.9 Å². The Morgan fingerprint density at radius 3 is 1.10 bits per heavy atom. The van der Waals surface area contributed by atoms with E-state index in [1.807, 2.05) is 79.7 Å². The Hall–Kier alpha value is -10.1. The van der Waals surface area contributed by atoms with Crippen LogP contribution in [0.5, 0.6) is 0 Å². The largest absolute Gasteiger partial charge is 0.390 e. The molecule has 3 heterocycles. The van der Waals surface area contributed by atoms with E-state index in [0.29, 0.717) is 72.2 Å². The van der Waals surface area contributed by atoms with E-state index in [1.165, 1.54) is 68.5 Å². The Morgan fingerprint density at radius 1 is 0.450 bits per heavy atom. The zero-order valence-corrected chi connectivity index (χ0v) is 63.0. The molecule has 3 saturated carbocycles. The number of amides is 6. The number of aliphatic hydroxyl groups is 3. The molecule has 0 spiro atoms. The first kappa shape index (κ1) is 81.4. The number of tetrazole rings is 3. The number of rotatable bonds is 34. The lowest BCUT2D eigenvalue weighted by Gasteiger charge is -2.37.